The first kappa shape index (κ1) is 16.3. The normalized spacial score (nSPS) is 11.5. The van der Waals surface area contributed by atoms with Gasteiger partial charge in [-0.1, -0.05) is 36.4 Å². The quantitative estimate of drug-likeness (QED) is 0.690. The highest BCUT2D eigenvalue weighted by Gasteiger charge is 2.04. The molecule has 3 rings (SSSR count). The molecule has 22 heavy (non-hydrogen) atoms. The summed E-state index contributed by atoms with van der Waals surface area (Å²) in [6, 6.07) is 19.0. The molecule has 1 heterocycles. The van der Waals surface area contributed by atoms with Crippen LogP contribution in [0.2, 0.25) is 0 Å². The number of hydrogen-bond acceptors (Lipinski definition) is 4. The van der Waals surface area contributed by atoms with Crippen LogP contribution in [0.5, 0.6) is 0 Å². The Bertz CT molecular complexity index is 691. The predicted octanol–water partition coefficient (Wildman–Crippen LogP) is 2.38. The van der Waals surface area contributed by atoms with E-state index in [2.05, 4.69) is 4.98 Å². The molecule has 5 nitrogen and oxygen atoms in total. The number of hydrogen-bond donors (Lipinski definition) is 0. The Kier molecular flexibility index (Phi) is 6.20. The van der Waals surface area contributed by atoms with Crippen molar-refractivity contribution >= 4 is 22.1 Å². The second kappa shape index (κ2) is 8.38. The Balaban J connectivity index is 0.000000188. The van der Waals surface area contributed by atoms with Crippen LogP contribution in [-0.2, 0) is 22.1 Å². The Morgan fingerprint density at radius 1 is 0.864 bits per heavy atom. The van der Waals surface area contributed by atoms with Crippen LogP contribution in [0, 0.1) is 0 Å². The van der Waals surface area contributed by atoms with Gasteiger partial charge in [-0.2, -0.15) is 0 Å². The van der Waals surface area contributed by atoms with E-state index in [1.807, 2.05) is 60.7 Å². The zero-order chi connectivity index (χ0) is 15.8. The number of imidazole rings is 1. The lowest BCUT2D eigenvalue weighted by Crippen LogP contribution is -1.97. The van der Waals surface area contributed by atoms with Crippen LogP contribution in [0.1, 0.15) is 0 Å². The summed E-state index contributed by atoms with van der Waals surface area (Å²) in [6.07, 6.45) is 3.96. The lowest BCUT2D eigenvalue weighted by Gasteiger charge is -2.01. The maximum absolute atomic E-state index is 12.0. The van der Waals surface area contributed by atoms with Gasteiger partial charge in [-0.3, -0.25) is 8.18 Å². The zero-order valence-electron chi connectivity index (χ0n) is 11.4. The zero-order valence-corrected chi connectivity index (χ0v) is 13.1. The monoisotopic (exact) mass is 333 g/mol. The first-order valence-electron chi connectivity index (χ1n) is 6.28. The summed E-state index contributed by atoms with van der Waals surface area (Å²) >= 11 is -2.19. The molecular formula is C15H13N2O3S2-. The highest BCUT2D eigenvalue weighted by Crippen LogP contribution is 2.14. The van der Waals surface area contributed by atoms with Crippen LogP contribution in [0.3, 0.4) is 0 Å². The van der Waals surface area contributed by atoms with Gasteiger partial charge in [0.2, 0.25) is 0 Å². The molecule has 0 aliphatic rings. The fraction of sp³-hybridized carbons (Fsp3) is 0. The van der Waals surface area contributed by atoms with Gasteiger partial charge in [0.1, 0.15) is 6.33 Å². The lowest BCUT2D eigenvalue weighted by atomic mass is 10.4. The summed E-state index contributed by atoms with van der Waals surface area (Å²) in [5.41, 5.74) is 0. The molecular weight excluding hydrogens is 320 g/mol. The lowest BCUT2D eigenvalue weighted by molar-refractivity contribution is 0.528. The van der Waals surface area contributed by atoms with Crippen molar-refractivity contribution in [1.29, 1.82) is 0 Å². The summed E-state index contributed by atoms with van der Waals surface area (Å²) in [4.78, 5) is 5.21. The highest BCUT2D eigenvalue weighted by molar-refractivity contribution is 7.85. The Hall–Kier alpha value is -2.09. The van der Waals surface area contributed by atoms with E-state index in [1.165, 1.54) is 18.7 Å². The maximum Gasteiger partial charge on any atom is 0.106 e. The van der Waals surface area contributed by atoms with E-state index in [-0.39, 0.29) is 0 Å². The van der Waals surface area contributed by atoms with Crippen molar-refractivity contribution in [1.82, 2.24) is 8.96 Å². The molecule has 1 atom stereocenters. The third kappa shape index (κ3) is 4.73. The van der Waals surface area contributed by atoms with Crippen LogP contribution in [0.25, 0.3) is 0 Å². The molecule has 0 fully saturated rings. The van der Waals surface area contributed by atoms with Crippen molar-refractivity contribution in [3.63, 3.8) is 0 Å². The van der Waals surface area contributed by atoms with E-state index < -0.39 is 22.1 Å². The van der Waals surface area contributed by atoms with Gasteiger partial charge in [0.15, 0.2) is 0 Å². The van der Waals surface area contributed by atoms with Gasteiger partial charge in [0.25, 0.3) is 0 Å². The summed E-state index contributed by atoms with van der Waals surface area (Å²) in [5.74, 6) is 0. The predicted molar refractivity (Wildman–Crippen MR) is 84.1 cm³/mol. The van der Waals surface area contributed by atoms with Gasteiger partial charge in [-0.05, 0) is 24.3 Å². The number of aromatic nitrogens is 2. The number of benzene rings is 2. The standard InChI is InChI=1S/C12H10OS.C3H4N2O2S/c13-14(11-7-3-1-4-8-11)12-9-5-2-6-10-12;6-8(7)5-2-1-4-3-5/h1-10H;1-3H,(H,6,7)/p-1. The molecule has 0 amide bonds. The van der Waals surface area contributed by atoms with Gasteiger partial charge in [0.05, 0.1) is 22.1 Å². The van der Waals surface area contributed by atoms with E-state index in [9.17, 15) is 13.0 Å². The molecule has 2 aromatic carbocycles. The van der Waals surface area contributed by atoms with Crippen molar-refractivity contribution < 1.29 is 13.0 Å². The molecule has 0 N–H and O–H groups in total. The van der Waals surface area contributed by atoms with Crippen LogP contribution in [-0.4, -0.2) is 21.9 Å². The maximum atomic E-state index is 12.0. The first-order chi connectivity index (χ1) is 10.7. The molecule has 0 saturated heterocycles. The highest BCUT2D eigenvalue weighted by atomic mass is 32.2. The number of rotatable bonds is 3. The van der Waals surface area contributed by atoms with Crippen molar-refractivity contribution in [2.75, 3.05) is 0 Å². The van der Waals surface area contributed by atoms with Crippen molar-refractivity contribution in [3.05, 3.63) is 79.4 Å². The molecule has 7 heteroatoms. The molecule has 0 aliphatic heterocycles. The van der Waals surface area contributed by atoms with Crippen molar-refractivity contribution in [2.24, 2.45) is 0 Å². The van der Waals surface area contributed by atoms with E-state index >= 15 is 0 Å². The van der Waals surface area contributed by atoms with Gasteiger partial charge in [-0.15, -0.1) is 0 Å². The van der Waals surface area contributed by atoms with E-state index in [1.54, 1.807) is 0 Å². The smallest absolute Gasteiger partial charge is 0.106 e. The van der Waals surface area contributed by atoms with Crippen LogP contribution < -0.4 is 0 Å². The number of nitrogens with zero attached hydrogens (tertiary/aromatic N) is 2. The SMILES string of the molecule is O=S([O-])n1ccnc1.O=S(c1ccccc1)c1ccccc1. The van der Waals surface area contributed by atoms with Crippen LogP contribution >= 0.6 is 0 Å². The molecule has 114 valence electrons. The van der Waals surface area contributed by atoms with E-state index in [0.717, 1.165) is 13.8 Å². The molecule has 0 bridgehead atoms. The van der Waals surface area contributed by atoms with Crippen molar-refractivity contribution in [2.45, 2.75) is 9.79 Å². The van der Waals surface area contributed by atoms with Crippen LogP contribution in [0.15, 0.2) is 89.2 Å². The minimum absolute atomic E-state index is 0.846. The molecule has 0 saturated carbocycles. The first-order valence-corrected chi connectivity index (χ1v) is 8.46. The fourth-order valence-electron chi connectivity index (χ4n) is 1.56. The minimum atomic E-state index is -2.19. The van der Waals surface area contributed by atoms with Crippen LogP contribution in [0.4, 0.5) is 0 Å². The van der Waals surface area contributed by atoms with Gasteiger partial charge < -0.3 is 4.55 Å². The van der Waals surface area contributed by atoms with E-state index in [0.29, 0.717) is 0 Å². The molecule has 1 unspecified atom stereocenters. The molecule has 3 aromatic rings. The molecule has 0 aliphatic carbocycles. The second-order valence-corrected chi connectivity index (χ2v) is 6.37. The fourth-order valence-corrected chi connectivity index (χ4v) is 2.93. The summed E-state index contributed by atoms with van der Waals surface area (Å²) in [5, 5.41) is 0. The average Bonchev–Trinajstić information content (AvgIpc) is 3.11. The minimum Gasteiger partial charge on any atom is -0.755 e. The second-order valence-electron chi connectivity index (χ2n) is 4.03. The van der Waals surface area contributed by atoms with Gasteiger partial charge >= 0.3 is 0 Å². The molecule has 0 spiro atoms. The summed E-state index contributed by atoms with van der Waals surface area (Å²) in [7, 11) is -1.05. The van der Waals surface area contributed by atoms with E-state index in [4.69, 9.17) is 0 Å². The largest absolute Gasteiger partial charge is 0.755 e. The molecule has 1 aromatic heterocycles. The summed E-state index contributed by atoms with van der Waals surface area (Å²) < 4.78 is 32.9. The van der Waals surface area contributed by atoms with Gasteiger partial charge in [-0.25, -0.2) is 9.19 Å². The third-order valence-electron chi connectivity index (χ3n) is 2.57. The molecule has 0 radical (unpaired) electrons. The Morgan fingerprint density at radius 2 is 1.36 bits per heavy atom. The Morgan fingerprint density at radius 3 is 1.68 bits per heavy atom. The topological polar surface area (TPSA) is 75.0 Å². The van der Waals surface area contributed by atoms with Crippen molar-refractivity contribution in [3.8, 4) is 0 Å². The Labute approximate surface area is 133 Å². The van der Waals surface area contributed by atoms with Gasteiger partial charge in [0, 0.05) is 22.2 Å². The third-order valence-corrected chi connectivity index (χ3v) is 4.53. The average molecular weight is 333 g/mol. The summed E-state index contributed by atoms with van der Waals surface area (Å²) in [6.45, 7) is 0.